The van der Waals surface area contributed by atoms with Crippen LogP contribution in [-0.4, -0.2) is 52.7 Å². The predicted octanol–water partition coefficient (Wildman–Crippen LogP) is 8.69. The highest BCUT2D eigenvalue weighted by Crippen LogP contribution is 2.48. The van der Waals surface area contributed by atoms with Gasteiger partial charge in [0.25, 0.3) is 0 Å². The van der Waals surface area contributed by atoms with Crippen molar-refractivity contribution in [2.75, 3.05) is 13.7 Å². The number of rotatable bonds is 17. The van der Waals surface area contributed by atoms with E-state index in [4.69, 9.17) is 9.47 Å². The van der Waals surface area contributed by atoms with Crippen LogP contribution in [0.3, 0.4) is 0 Å². The van der Waals surface area contributed by atoms with E-state index in [2.05, 4.69) is 74.8 Å². The number of aromatic nitrogens is 3. The molecule has 4 atom stereocenters. The molecule has 5 heterocycles. The van der Waals surface area contributed by atoms with Crippen LogP contribution in [0.1, 0.15) is 166 Å². The monoisotopic (exact) mass is 818 g/mol. The first-order chi connectivity index (χ1) is 28.7. The summed E-state index contributed by atoms with van der Waals surface area (Å²) in [4.78, 5) is 64.6. The number of hydrogen-bond donors (Lipinski definition) is 4. The number of carbonyl (C=O) groups excluding carboxylic acids is 4. The maximum Gasteiger partial charge on any atom is 0.321 e. The molecule has 1 saturated heterocycles. The number of hydrogen-bond acceptors (Lipinski definition) is 7. The lowest BCUT2D eigenvalue weighted by atomic mass is 9.85. The number of fused-ring (bicyclic) bond motifs is 7. The quantitative estimate of drug-likeness (QED) is 0.0462. The fourth-order valence-electron chi connectivity index (χ4n) is 9.64. The maximum absolute atomic E-state index is 14.4. The summed E-state index contributed by atoms with van der Waals surface area (Å²) in [7, 11) is 1.30. The minimum absolute atomic E-state index is 0.107. The van der Waals surface area contributed by atoms with Crippen molar-refractivity contribution in [2.45, 2.75) is 127 Å². The van der Waals surface area contributed by atoms with Gasteiger partial charge in [0.2, 0.25) is 0 Å². The smallest absolute Gasteiger partial charge is 0.321 e. The predicted molar refractivity (Wildman–Crippen MR) is 239 cm³/mol. The van der Waals surface area contributed by atoms with Gasteiger partial charge in [-0.1, -0.05) is 72.8 Å². The minimum atomic E-state index is -1.17. The van der Waals surface area contributed by atoms with Gasteiger partial charge in [0.15, 0.2) is 12.1 Å². The molecule has 0 radical (unpaired) electrons. The van der Waals surface area contributed by atoms with E-state index in [0.29, 0.717) is 51.8 Å². The Morgan fingerprint density at radius 3 is 2.25 bits per heavy atom. The van der Waals surface area contributed by atoms with Gasteiger partial charge >= 0.3 is 11.9 Å². The summed E-state index contributed by atoms with van der Waals surface area (Å²) in [5.41, 5.74) is 11.4. The van der Waals surface area contributed by atoms with Crippen molar-refractivity contribution in [3.8, 4) is 0 Å². The van der Waals surface area contributed by atoms with Crippen LogP contribution < -0.4 is 16.0 Å². The largest absolute Gasteiger partial charge is 0.468 e. The van der Waals surface area contributed by atoms with Crippen LogP contribution in [0.2, 0.25) is 0 Å². The second-order valence-electron chi connectivity index (χ2n) is 17.8. The molecule has 0 unspecified atom stereocenters. The molecule has 6 rings (SSSR count). The molecular formula is C50H66N4O6. The Kier molecular flexibility index (Phi) is 14.1. The zero-order valence-corrected chi connectivity index (χ0v) is 37.5. The fourth-order valence-corrected chi connectivity index (χ4v) is 9.64. The summed E-state index contributed by atoms with van der Waals surface area (Å²) in [6.07, 6.45) is 18.2. The molecule has 1 fully saturated rings. The number of methoxy groups -OCH3 is 1. The van der Waals surface area contributed by atoms with Crippen LogP contribution in [0.15, 0.2) is 23.0 Å². The average molecular weight is 819 g/mol. The van der Waals surface area contributed by atoms with Gasteiger partial charge in [0, 0.05) is 68.8 Å². The number of allylic oxidation sites excluding steroid dienone is 3. The average Bonchev–Trinajstić information content (AvgIpc) is 3.96. The summed E-state index contributed by atoms with van der Waals surface area (Å²) in [5, 5.41) is 5.17. The standard InChI is InChI=1S/C50H66N4O6/c1-11-33-30(7)37-23-38-31(8)35(19-20-43(56)60-22-21-29(6)18-14-17-28(5)16-13-15-27(3)4)47(53-38)45-46(50(58)59-10)49(57)44-32(9)39(54-48(44)45)24-41-34(12-2)36(26-55)42(52-41)25-40(33)51-37/h21,23-28,31,35,46,51-54H,11-20,22H2,1-10H3/b29-21+,38-23-,41-24-,42-25-,47-45-/t28-,31+,35+,46-/m1/s1. The van der Waals surface area contributed by atoms with E-state index >= 15 is 0 Å². The van der Waals surface area contributed by atoms with Crippen molar-refractivity contribution in [1.29, 1.82) is 0 Å². The Morgan fingerprint density at radius 1 is 0.867 bits per heavy atom. The third-order valence-electron chi connectivity index (χ3n) is 13.3. The van der Waals surface area contributed by atoms with Crippen LogP contribution >= 0.6 is 0 Å². The Hall–Kier alpha value is -5.12. The number of carbonyl (C=O) groups is 4. The lowest BCUT2D eigenvalue weighted by Gasteiger charge is -2.19. The number of ether oxygens (including phenoxy) is 2. The lowest BCUT2D eigenvalue weighted by molar-refractivity contribution is -0.143. The van der Waals surface area contributed by atoms with Gasteiger partial charge in [-0.15, -0.1) is 0 Å². The molecule has 10 nitrogen and oxygen atoms in total. The molecule has 10 heteroatoms. The van der Waals surface area contributed by atoms with Crippen LogP contribution in [0.25, 0.3) is 23.8 Å². The normalized spacial score (nSPS) is 22.1. The second kappa shape index (κ2) is 19.1. The summed E-state index contributed by atoms with van der Waals surface area (Å²) in [6.45, 7) is 19.5. The number of ketones is 1. The summed E-state index contributed by atoms with van der Waals surface area (Å²) in [5.74, 6) is -1.30. The van der Waals surface area contributed by atoms with Gasteiger partial charge in [-0.05, 0) is 111 Å². The van der Waals surface area contributed by atoms with Crippen molar-refractivity contribution < 1.29 is 28.7 Å². The molecule has 60 heavy (non-hydrogen) atoms. The number of aldehydes is 1. The molecule has 3 aromatic rings. The number of aromatic amines is 3. The molecule has 8 bridgehead atoms. The molecule has 0 amide bonds. The molecule has 4 N–H and O–H groups in total. The molecular weight excluding hydrogens is 753 g/mol. The molecule has 3 aromatic heterocycles. The molecule has 0 spiro atoms. The van der Waals surface area contributed by atoms with Crippen molar-refractivity contribution in [1.82, 2.24) is 20.3 Å². The van der Waals surface area contributed by atoms with E-state index in [1.165, 1.54) is 38.4 Å². The van der Waals surface area contributed by atoms with Crippen LogP contribution in [0.4, 0.5) is 0 Å². The third-order valence-corrected chi connectivity index (χ3v) is 13.3. The van der Waals surface area contributed by atoms with Crippen molar-refractivity contribution in [3.63, 3.8) is 0 Å². The number of Topliss-reactive ketones (excluding diaryl/α,β-unsaturated/α-hetero) is 1. The van der Waals surface area contributed by atoms with Gasteiger partial charge in [0.05, 0.1) is 18.2 Å². The van der Waals surface area contributed by atoms with Gasteiger partial charge in [-0.25, -0.2) is 0 Å². The molecule has 1 aliphatic carbocycles. The molecule has 2 aliphatic heterocycles. The molecule has 0 aromatic carbocycles. The number of nitrogens with one attached hydrogen (secondary N) is 4. The first-order valence-electron chi connectivity index (χ1n) is 22.2. The topological polar surface area (TPSA) is 146 Å². The molecule has 322 valence electrons. The third kappa shape index (κ3) is 8.98. The van der Waals surface area contributed by atoms with E-state index in [1.54, 1.807) is 0 Å². The Bertz CT molecular complexity index is 2360. The van der Waals surface area contributed by atoms with E-state index < -0.39 is 11.9 Å². The maximum atomic E-state index is 14.4. The zero-order chi connectivity index (χ0) is 43.4. The van der Waals surface area contributed by atoms with Crippen molar-refractivity contribution in [3.05, 3.63) is 89.9 Å². The van der Waals surface area contributed by atoms with E-state index in [1.807, 2.05) is 32.1 Å². The molecule has 0 saturated carbocycles. The van der Waals surface area contributed by atoms with Crippen LogP contribution in [0.5, 0.6) is 0 Å². The number of H-pyrrole nitrogens is 3. The Balaban J connectivity index is 1.35. The Morgan fingerprint density at radius 2 is 1.57 bits per heavy atom. The number of esters is 2. The fraction of sp³-hybridized carbons (Fsp3) is 0.520. The highest BCUT2D eigenvalue weighted by atomic mass is 16.5. The zero-order valence-electron chi connectivity index (χ0n) is 37.5. The highest BCUT2D eigenvalue weighted by molar-refractivity contribution is 6.24. The minimum Gasteiger partial charge on any atom is -0.468 e. The first-order valence-corrected chi connectivity index (χ1v) is 22.2. The van der Waals surface area contributed by atoms with Crippen LogP contribution in [0, 0.1) is 43.4 Å². The van der Waals surface area contributed by atoms with Gasteiger partial charge < -0.3 is 29.7 Å². The van der Waals surface area contributed by atoms with Crippen molar-refractivity contribution in [2.24, 2.45) is 29.6 Å². The lowest BCUT2D eigenvalue weighted by Crippen LogP contribution is -2.25. The van der Waals surface area contributed by atoms with E-state index in [0.717, 1.165) is 82.2 Å². The van der Waals surface area contributed by atoms with Gasteiger partial charge in [-0.3, -0.25) is 19.2 Å². The Labute approximate surface area is 355 Å². The molecule has 3 aliphatic rings. The summed E-state index contributed by atoms with van der Waals surface area (Å²) < 4.78 is 11.0. The van der Waals surface area contributed by atoms with Crippen molar-refractivity contribution >= 4 is 47.8 Å². The van der Waals surface area contributed by atoms with Gasteiger partial charge in [-0.2, -0.15) is 0 Å². The first kappa shape index (κ1) is 44.4. The summed E-state index contributed by atoms with van der Waals surface area (Å²) >= 11 is 0. The van der Waals surface area contributed by atoms with E-state index in [9.17, 15) is 19.2 Å². The second-order valence-corrected chi connectivity index (χ2v) is 17.8. The van der Waals surface area contributed by atoms with Crippen LogP contribution in [-0.2, 0) is 31.9 Å². The highest BCUT2D eigenvalue weighted by Gasteiger charge is 2.48. The summed E-state index contributed by atoms with van der Waals surface area (Å²) in [6, 6.07) is 0. The SMILES string of the molecule is CCc1c2[nH]c(c1C)/C=C1\N/C(=C3\c4[nH]c(c(C)c4C(=O)[C@@H]3C(=O)OC)/C=c3\[nH]/c(c(C=O)c3CC)=C\2)[C@@H](CCC(=O)OC/C=C(\C)CCC[C@H](C)CCCC(C)C)[C@@H]1C. The van der Waals surface area contributed by atoms with E-state index in [-0.39, 0.29) is 36.6 Å². The van der Waals surface area contributed by atoms with Gasteiger partial charge in [0.1, 0.15) is 12.5 Å².